The molecule has 232 valence electrons. The summed E-state index contributed by atoms with van der Waals surface area (Å²) in [4.78, 5) is 10.9. The van der Waals surface area contributed by atoms with Crippen molar-refractivity contribution >= 4 is 86.3 Å². The van der Waals surface area contributed by atoms with Crippen LogP contribution in [0, 0.1) is 0 Å². The van der Waals surface area contributed by atoms with Gasteiger partial charge in [0.1, 0.15) is 0 Å². The van der Waals surface area contributed by atoms with Gasteiger partial charge in [-0.2, -0.15) is 0 Å². The highest BCUT2D eigenvalue weighted by Crippen LogP contribution is 2.42. The standard InChI is InChI=1S/C37H22Cl6N4/c38-18-4-1-5-19(39)32(18)35-26-12-10-24(44-26)25-11-13-27(45-25)36(33-20(40)6-2-7-21(33)41)29-15-17-31(47-29)37(30-16-14-28(35)46-30)34-22(42)8-3-9-23(34)43/h1-14,16-17,44-47H,15H2. The Kier molecular flexibility index (Phi) is 7.84. The van der Waals surface area contributed by atoms with Gasteiger partial charge in [0.15, 0.2) is 0 Å². The molecule has 0 radical (unpaired) electrons. The molecule has 0 spiro atoms. The zero-order valence-corrected chi connectivity index (χ0v) is 28.7. The van der Waals surface area contributed by atoms with E-state index >= 15 is 0 Å². The van der Waals surface area contributed by atoms with Crippen LogP contribution in [-0.2, 0) is 0 Å². The van der Waals surface area contributed by atoms with E-state index in [9.17, 15) is 0 Å². The topological polar surface area (TPSA) is 59.4 Å². The summed E-state index contributed by atoms with van der Waals surface area (Å²) in [5.41, 5.74) is 9.71. The summed E-state index contributed by atoms with van der Waals surface area (Å²) in [5, 5.41) is 8.42. The lowest BCUT2D eigenvalue weighted by molar-refractivity contribution is 1.03. The monoisotopic (exact) mass is 732 g/mol. The van der Waals surface area contributed by atoms with Gasteiger partial charge in [-0.1, -0.05) is 93.9 Å². The van der Waals surface area contributed by atoms with Gasteiger partial charge < -0.3 is 20.3 Å². The first-order chi connectivity index (χ1) is 22.8. The number of hydrogen-bond acceptors (Lipinski definition) is 1. The van der Waals surface area contributed by atoms with Crippen molar-refractivity contribution in [1.29, 1.82) is 0 Å². The summed E-state index contributed by atoms with van der Waals surface area (Å²) in [6, 6.07) is 28.6. The Morgan fingerprint density at radius 2 is 0.809 bits per heavy atom. The van der Waals surface area contributed by atoms with E-state index < -0.39 is 0 Å². The molecule has 0 amide bonds. The number of aromatic nitrogens is 3. The van der Waals surface area contributed by atoms with Crippen LogP contribution in [0.4, 0.5) is 0 Å². The summed E-state index contributed by atoms with van der Waals surface area (Å²) in [6.07, 6.45) is 2.69. The average molecular weight is 735 g/mol. The first kappa shape index (κ1) is 30.6. The fraction of sp³-hybridized carbons (Fsp3) is 0.0270. The summed E-state index contributed by atoms with van der Waals surface area (Å²) in [6.45, 7) is 0. The molecule has 0 unspecified atom stereocenters. The maximum absolute atomic E-state index is 6.89. The average Bonchev–Trinajstić information content (AvgIpc) is 3.86. The second-order valence-electron chi connectivity index (χ2n) is 11.2. The highest BCUT2D eigenvalue weighted by Gasteiger charge is 2.27. The maximum Gasteiger partial charge on any atom is 0.0624 e. The maximum atomic E-state index is 6.89. The lowest BCUT2D eigenvalue weighted by Crippen LogP contribution is -2.21. The Bertz CT molecular complexity index is 2380. The number of nitrogens with one attached hydrogen (secondary N) is 4. The molecule has 4 N–H and O–H groups in total. The minimum absolute atomic E-state index is 0.512. The second kappa shape index (κ2) is 12.1. The van der Waals surface area contributed by atoms with Crippen LogP contribution in [0.1, 0.15) is 34.5 Å². The number of halogens is 6. The Morgan fingerprint density at radius 1 is 0.404 bits per heavy atom. The highest BCUT2D eigenvalue weighted by atomic mass is 35.5. The van der Waals surface area contributed by atoms with Gasteiger partial charge >= 0.3 is 0 Å². The minimum Gasteiger partial charge on any atom is -0.358 e. The van der Waals surface area contributed by atoms with Crippen molar-refractivity contribution in [2.45, 2.75) is 6.42 Å². The predicted molar refractivity (Wildman–Crippen MR) is 196 cm³/mol. The molecule has 0 saturated heterocycles. The Morgan fingerprint density at radius 3 is 1.32 bits per heavy atom. The van der Waals surface area contributed by atoms with E-state index in [2.05, 4.69) is 26.3 Å². The van der Waals surface area contributed by atoms with Gasteiger partial charge in [0, 0.05) is 73.3 Å². The lowest BCUT2D eigenvalue weighted by Gasteiger charge is -2.18. The van der Waals surface area contributed by atoms with E-state index in [4.69, 9.17) is 69.6 Å². The van der Waals surface area contributed by atoms with Crippen molar-refractivity contribution < 1.29 is 0 Å². The van der Waals surface area contributed by atoms with Gasteiger partial charge in [0.25, 0.3) is 0 Å². The molecule has 0 aliphatic carbocycles. The third-order valence-corrected chi connectivity index (χ3v) is 10.3. The summed E-state index contributed by atoms with van der Waals surface area (Å²) in [5.74, 6) is 0. The van der Waals surface area contributed by atoms with Crippen molar-refractivity contribution in [3.05, 3.63) is 177 Å². The van der Waals surface area contributed by atoms with Crippen LogP contribution in [0.25, 0.3) is 28.1 Å². The molecule has 0 fully saturated rings. The largest absolute Gasteiger partial charge is 0.358 e. The van der Waals surface area contributed by atoms with E-state index in [1.807, 2.05) is 91.0 Å². The van der Waals surface area contributed by atoms with E-state index in [0.717, 1.165) is 67.2 Å². The number of benzene rings is 3. The molecule has 10 heteroatoms. The fourth-order valence-corrected chi connectivity index (χ4v) is 8.13. The van der Waals surface area contributed by atoms with Gasteiger partial charge in [0.2, 0.25) is 0 Å². The van der Waals surface area contributed by atoms with Crippen molar-refractivity contribution in [3.8, 4) is 11.4 Å². The molecule has 0 saturated carbocycles. The molecule has 47 heavy (non-hydrogen) atoms. The van der Waals surface area contributed by atoms with Crippen LogP contribution >= 0.6 is 69.6 Å². The van der Waals surface area contributed by atoms with Gasteiger partial charge in [-0.25, -0.2) is 0 Å². The molecule has 2 aliphatic heterocycles. The van der Waals surface area contributed by atoms with Gasteiger partial charge in [-0.15, -0.1) is 0 Å². The molecule has 5 heterocycles. The summed E-state index contributed by atoms with van der Waals surface area (Å²) in [7, 11) is 0. The third-order valence-electron chi connectivity index (χ3n) is 8.43. The predicted octanol–water partition coefficient (Wildman–Crippen LogP) is 10.4. The van der Waals surface area contributed by atoms with Crippen LogP contribution in [0.5, 0.6) is 0 Å². The molecule has 3 aromatic heterocycles. The van der Waals surface area contributed by atoms with Crippen LogP contribution in [0.2, 0.25) is 30.1 Å². The first-order valence-corrected chi connectivity index (χ1v) is 16.9. The van der Waals surface area contributed by atoms with Crippen molar-refractivity contribution in [2.24, 2.45) is 0 Å². The Hall–Kier alpha value is -3.74. The second-order valence-corrected chi connectivity index (χ2v) is 13.6. The normalized spacial score (nSPS) is 14.2. The molecule has 0 atom stereocenters. The van der Waals surface area contributed by atoms with Gasteiger partial charge in [0.05, 0.1) is 41.5 Å². The third kappa shape index (κ3) is 5.25. The Labute approximate surface area is 299 Å². The quantitative estimate of drug-likeness (QED) is 0.144. The van der Waals surface area contributed by atoms with Crippen molar-refractivity contribution in [2.75, 3.05) is 0 Å². The molecular weight excluding hydrogens is 713 g/mol. The highest BCUT2D eigenvalue weighted by molar-refractivity contribution is 6.39. The molecule has 6 aromatic rings. The molecule has 8 bridgehead atoms. The van der Waals surface area contributed by atoms with E-state index in [0.29, 0.717) is 47.7 Å². The van der Waals surface area contributed by atoms with E-state index in [1.165, 1.54) is 0 Å². The van der Waals surface area contributed by atoms with Crippen LogP contribution < -0.4 is 16.0 Å². The molecular formula is C37H22Cl6N4. The molecule has 2 aliphatic rings. The van der Waals surface area contributed by atoms with E-state index in [-0.39, 0.29) is 0 Å². The lowest BCUT2D eigenvalue weighted by atomic mass is 9.99. The minimum atomic E-state index is 0.512. The van der Waals surface area contributed by atoms with Crippen LogP contribution in [-0.4, -0.2) is 15.0 Å². The fourth-order valence-electron chi connectivity index (χ4n) is 6.37. The smallest absolute Gasteiger partial charge is 0.0624 e. The molecule has 8 rings (SSSR count). The number of fused-ring (bicyclic) bond motifs is 9. The number of aromatic amines is 3. The van der Waals surface area contributed by atoms with Crippen LogP contribution in [0.15, 0.2) is 108 Å². The number of allylic oxidation sites excluding steroid dienone is 2. The SMILES string of the molecule is Clc1cccc(Cl)c1C1=C2CC=C(N2)C(c2c(Cl)cccc2Cl)=c2ccc([nH]2)=C(c2c(Cl)cccc2Cl)c2ccc([nH]2)-c2ccc1[nH]2. The van der Waals surface area contributed by atoms with Crippen molar-refractivity contribution in [3.63, 3.8) is 0 Å². The first-order valence-electron chi connectivity index (χ1n) is 14.6. The summed E-state index contributed by atoms with van der Waals surface area (Å²) < 4.78 is 0. The number of H-pyrrole nitrogens is 3. The van der Waals surface area contributed by atoms with Crippen molar-refractivity contribution in [1.82, 2.24) is 20.3 Å². The Balaban J connectivity index is 1.50. The van der Waals surface area contributed by atoms with Crippen LogP contribution in [0.3, 0.4) is 0 Å². The van der Waals surface area contributed by atoms with E-state index in [1.54, 1.807) is 0 Å². The number of hydrogen-bond donors (Lipinski definition) is 4. The van der Waals surface area contributed by atoms with Gasteiger partial charge in [-0.05, 0) is 72.8 Å². The summed E-state index contributed by atoms with van der Waals surface area (Å²) >= 11 is 41.2. The zero-order chi connectivity index (χ0) is 32.4. The molecule has 3 aromatic carbocycles. The number of rotatable bonds is 3. The molecule has 4 nitrogen and oxygen atoms in total. The van der Waals surface area contributed by atoms with Gasteiger partial charge in [-0.3, -0.25) is 0 Å². The zero-order valence-electron chi connectivity index (χ0n) is 24.2.